The molecule has 3 unspecified atom stereocenters. The van der Waals surface area contributed by atoms with Gasteiger partial charge >= 0.3 is 0 Å². The molecule has 25 heavy (non-hydrogen) atoms. The number of nitrogens with one attached hydrogen (secondary N) is 1. The van der Waals surface area contributed by atoms with Crippen LogP contribution in [0, 0.1) is 0 Å². The predicted octanol–water partition coefficient (Wildman–Crippen LogP) is 2.58. The minimum atomic E-state index is -0.140. The second-order valence-electron chi connectivity index (χ2n) is 6.55. The summed E-state index contributed by atoms with van der Waals surface area (Å²) in [6.07, 6.45) is 5.45. The van der Waals surface area contributed by atoms with E-state index in [1.807, 2.05) is 31.2 Å². The van der Waals surface area contributed by atoms with Crippen LogP contribution >= 0.6 is 0 Å². The summed E-state index contributed by atoms with van der Waals surface area (Å²) in [6, 6.07) is 7.41. The van der Waals surface area contributed by atoms with E-state index in [0.29, 0.717) is 5.56 Å². The number of hydrogen-bond acceptors (Lipinski definition) is 5. The molecule has 132 valence electrons. The van der Waals surface area contributed by atoms with Gasteiger partial charge in [-0.2, -0.15) is 0 Å². The lowest BCUT2D eigenvalue weighted by molar-refractivity contribution is -0.00546. The van der Waals surface area contributed by atoms with Gasteiger partial charge in [-0.3, -0.25) is 9.78 Å². The molecule has 1 amide bonds. The molecule has 1 aliphatic heterocycles. The first kappa shape index (κ1) is 17.4. The number of amides is 1. The first-order valence-corrected chi connectivity index (χ1v) is 8.60. The molecule has 0 radical (unpaired) electrons. The monoisotopic (exact) mass is 340 g/mol. The molecule has 1 aliphatic rings. The van der Waals surface area contributed by atoms with Gasteiger partial charge in [0.15, 0.2) is 0 Å². The number of carbonyl (C=O) groups excluding carboxylic acids is 1. The molecule has 0 aliphatic carbocycles. The van der Waals surface area contributed by atoms with Crippen LogP contribution in [0.15, 0.2) is 42.9 Å². The number of anilines is 1. The second-order valence-corrected chi connectivity index (χ2v) is 6.55. The van der Waals surface area contributed by atoms with Gasteiger partial charge in [-0.05, 0) is 44.5 Å². The lowest BCUT2D eigenvalue weighted by atomic mass is 10.1. The van der Waals surface area contributed by atoms with Crippen molar-refractivity contribution in [2.45, 2.75) is 39.0 Å². The van der Waals surface area contributed by atoms with E-state index in [-0.39, 0.29) is 24.2 Å². The van der Waals surface area contributed by atoms with E-state index in [0.717, 1.165) is 24.5 Å². The van der Waals surface area contributed by atoms with Crippen LogP contribution in [0.5, 0.6) is 0 Å². The van der Waals surface area contributed by atoms with E-state index in [1.165, 1.54) is 0 Å². The van der Waals surface area contributed by atoms with Crippen molar-refractivity contribution in [2.24, 2.45) is 0 Å². The Morgan fingerprint density at radius 1 is 1.24 bits per heavy atom. The third-order valence-corrected chi connectivity index (χ3v) is 4.29. The van der Waals surface area contributed by atoms with E-state index < -0.39 is 0 Å². The minimum absolute atomic E-state index is 0.109. The zero-order chi connectivity index (χ0) is 17.8. The van der Waals surface area contributed by atoms with Crippen LogP contribution in [0.25, 0.3) is 0 Å². The average molecular weight is 340 g/mol. The number of aromatic nitrogens is 2. The summed E-state index contributed by atoms with van der Waals surface area (Å²) in [7, 11) is 0. The zero-order valence-corrected chi connectivity index (χ0v) is 14.8. The average Bonchev–Trinajstić information content (AvgIpc) is 2.61. The summed E-state index contributed by atoms with van der Waals surface area (Å²) in [5, 5.41) is 2.97. The zero-order valence-electron chi connectivity index (χ0n) is 14.8. The largest absolute Gasteiger partial charge is 0.372 e. The number of morpholine rings is 1. The molecule has 3 heterocycles. The number of pyridine rings is 2. The molecule has 1 fully saturated rings. The Kier molecular flexibility index (Phi) is 5.28. The number of hydrogen-bond donors (Lipinski definition) is 1. The molecule has 0 bridgehead atoms. The lowest BCUT2D eigenvalue weighted by Crippen LogP contribution is -2.45. The molecule has 6 heteroatoms. The predicted molar refractivity (Wildman–Crippen MR) is 96.6 cm³/mol. The standard InChI is InChI=1S/C19H24N4O2/c1-13-11-23(12-14(2)25-13)18-7-6-17(10-21-18)19(24)22-15(3)16-5-4-8-20-9-16/h4-10,13-15H,11-12H2,1-3H3,(H,22,24). The molecule has 6 nitrogen and oxygen atoms in total. The Bertz CT molecular complexity index is 695. The molecule has 2 aromatic heterocycles. The van der Waals surface area contributed by atoms with Crippen molar-refractivity contribution in [2.75, 3.05) is 18.0 Å². The van der Waals surface area contributed by atoms with Gasteiger partial charge in [0.1, 0.15) is 5.82 Å². The SMILES string of the molecule is CC1CN(c2ccc(C(=O)NC(C)c3cccnc3)cn2)CC(C)O1. The molecule has 1 saturated heterocycles. The van der Waals surface area contributed by atoms with Crippen molar-refractivity contribution in [1.29, 1.82) is 0 Å². The van der Waals surface area contributed by atoms with Crippen LogP contribution in [0.4, 0.5) is 5.82 Å². The summed E-state index contributed by atoms with van der Waals surface area (Å²) < 4.78 is 5.75. The maximum Gasteiger partial charge on any atom is 0.253 e. The van der Waals surface area contributed by atoms with Gasteiger partial charge in [-0.25, -0.2) is 4.98 Å². The highest BCUT2D eigenvalue weighted by atomic mass is 16.5. The third-order valence-electron chi connectivity index (χ3n) is 4.29. The van der Waals surface area contributed by atoms with Crippen LogP contribution in [0.2, 0.25) is 0 Å². The summed E-state index contributed by atoms with van der Waals surface area (Å²) in [5.74, 6) is 0.734. The Morgan fingerprint density at radius 2 is 2.00 bits per heavy atom. The quantitative estimate of drug-likeness (QED) is 0.926. The third kappa shape index (κ3) is 4.33. The van der Waals surface area contributed by atoms with Crippen LogP contribution in [0.1, 0.15) is 42.7 Å². The highest BCUT2D eigenvalue weighted by Crippen LogP contribution is 2.19. The fourth-order valence-corrected chi connectivity index (χ4v) is 3.07. The van der Waals surface area contributed by atoms with Crippen molar-refractivity contribution in [1.82, 2.24) is 15.3 Å². The molecule has 0 aromatic carbocycles. The molecule has 3 atom stereocenters. The summed E-state index contributed by atoms with van der Waals surface area (Å²) in [5.41, 5.74) is 1.52. The van der Waals surface area contributed by atoms with E-state index in [9.17, 15) is 4.79 Å². The molecular formula is C19H24N4O2. The first-order chi connectivity index (χ1) is 12.0. The Morgan fingerprint density at radius 3 is 2.60 bits per heavy atom. The second kappa shape index (κ2) is 7.61. The summed E-state index contributed by atoms with van der Waals surface area (Å²) in [6.45, 7) is 7.67. The highest BCUT2D eigenvalue weighted by Gasteiger charge is 2.23. The van der Waals surface area contributed by atoms with Gasteiger partial charge in [-0.15, -0.1) is 0 Å². The van der Waals surface area contributed by atoms with Crippen LogP contribution in [0.3, 0.4) is 0 Å². The fraction of sp³-hybridized carbons (Fsp3) is 0.421. The molecule has 1 N–H and O–H groups in total. The minimum Gasteiger partial charge on any atom is -0.372 e. The topological polar surface area (TPSA) is 67.4 Å². The van der Waals surface area contributed by atoms with Gasteiger partial charge in [0, 0.05) is 31.7 Å². The summed E-state index contributed by atoms with van der Waals surface area (Å²) in [4.78, 5) is 23.2. The Labute approximate surface area is 148 Å². The van der Waals surface area contributed by atoms with Crippen LogP contribution in [-0.2, 0) is 4.74 Å². The first-order valence-electron chi connectivity index (χ1n) is 8.60. The molecular weight excluding hydrogens is 316 g/mol. The fourth-order valence-electron chi connectivity index (χ4n) is 3.07. The van der Waals surface area contributed by atoms with Crippen molar-refractivity contribution in [3.63, 3.8) is 0 Å². The Hall–Kier alpha value is -2.47. The van der Waals surface area contributed by atoms with E-state index in [1.54, 1.807) is 18.6 Å². The molecule has 2 aromatic rings. The van der Waals surface area contributed by atoms with Gasteiger partial charge in [0.25, 0.3) is 5.91 Å². The van der Waals surface area contributed by atoms with Gasteiger partial charge in [0.2, 0.25) is 0 Å². The van der Waals surface area contributed by atoms with Crippen molar-refractivity contribution in [3.05, 3.63) is 54.0 Å². The van der Waals surface area contributed by atoms with Gasteiger partial charge < -0.3 is 15.0 Å². The van der Waals surface area contributed by atoms with Crippen molar-refractivity contribution < 1.29 is 9.53 Å². The van der Waals surface area contributed by atoms with Crippen molar-refractivity contribution >= 4 is 11.7 Å². The summed E-state index contributed by atoms with van der Waals surface area (Å²) >= 11 is 0. The normalized spacial score (nSPS) is 21.6. The van der Waals surface area contributed by atoms with Crippen molar-refractivity contribution in [3.8, 4) is 0 Å². The Balaban J connectivity index is 1.64. The number of rotatable bonds is 4. The maximum absolute atomic E-state index is 12.4. The maximum atomic E-state index is 12.4. The van der Waals surface area contributed by atoms with Crippen LogP contribution < -0.4 is 10.2 Å². The number of ether oxygens (including phenoxy) is 1. The van der Waals surface area contributed by atoms with E-state index in [2.05, 4.69) is 34.0 Å². The van der Waals surface area contributed by atoms with E-state index >= 15 is 0 Å². The lowest BCUT2D eigenvalue weighted by Gasteiger charge is -2.36. The van der Waals surface area contributed by atoms with E-state index in [4.69, 9.17) is 4.74 Å². The molecule has 0 saturated carbocycles. The smallest absolute Gasteiger partial charge is 0.253 e. The van der Waals surface area contributed by atoms with Gasteiger partial charge in [0.05, 0.1) is 23.8 Å². The van der Waals surface area contributed by atoms with Gasteiger partial charge in [-0.1, -0.05) is 6.07 Å². The number of nitrogens with zero attached hydrogens (tertiary/aromatic N) is 3. The van der Waals surface area contributed by atoms with Crippen LogP contribution in [-0.4, -0.2) is 41.2 Å². The molecule has 0 spiro atoms. The highest BCUT2D eigenvalue weighted by molar-refractivity contribution is 5.94. The number of carbonyl (C=O) groups is 1. The molecule has 3 rings (SSSR count).